The number of rotatable bonds is 10. The highest BCUT2D eigenvalue weighted by Gasteiger charge is 2.35. The first-order chi connectivity index (χ1) is 17.0. The summed E-state index contributed by atoms with van der Waals surface area (Å²) in [5, 5.41) is 15.3. The van der Waals surface area contributed by atoms with Crippen molar-refractivity contribution in [1.29, 1.82) is 0 Å². The van der Waals surface area contributed by atoms with Gasteiger partial charge in [0.2, 0.25) is 11.8 Å². The fourth-order valence-corrected chi connectivity index (χ4v) is 3.59. The molecule has 8 nitrogen and oxygen atoms in total. The third-order valence-corrected chi connectivity index (χ3v) is 5.50. The Morgan fingerprint density at radius 3 is 2.31 bits per heavy atom. The highest BCUT2D eigenvalue weighted by molar-refractivity contribution is 5.92. The maximum absolute atomic E-state index is 13.6. The molecule has 0 bridgehead atoms. The van der Waals surface area contributed by atoms with Crippen LogP contribution in [0.5, 0.6) is 0 Å². The van der Waals surface area contributed by atoms with E-state index in [1.807, 2.05) is 56.3 Å². The van der Waals surface area contributed by atoms with Crippen LogP contribution in [-0.4, -0.2) is 52.7 Å². The lowest BCUT2D eigenvalue weighted by atomic mass is 9.98. The number of aliphatic hydroxyl groups is 1. The molecule has 0 aliphatic rings. The average molecular weight is 496 g/mol. The van der Waals surface area contributed by atoms with Crippen molar-refractivity contribution in [2.24, 2.45) is 0 Å². The molecule has 3 amide bonds. The summed E-state index contributed by atoms with van der Waals surface area (Å²) in [4.78, 5) is 40.7. The van der Waals surface area contributed by atoms with E-state index in [1.165, 1.54) is 11.0 Å². The molecule has 0 aliphatic carbocycles. The van der Waals surface area contributed by atoms with Gasteiger partial charge in [-0.2, -0.15) is 0 Å². The Labute approximate surface area is 213 Å². The summed E-state index contributed by atoms with van der Waals surface area (Å²) in [6.07, 6.45) is 0.655. The van der Waals surface area contributed by atoms with Gasteiger partial charge in [-0.1, -0.05) is 54.6 Å². The minimum Gasteiger partial charge on any atom is -0.444 e. The zero-order valence-corrected chi connectivity index (χ0v) is 21.7. The van der Waals surface area contributed by atoms with Crippen LogP contribution in [0, 0.1) is 13.8 Å². The van der Waals surface area contributed by atoms with Crippen molar-refractivity contribution < 1.29 is 24.2 Å². The Bertz CT molecular complexity index is 1060. The summed E-state index contributed by atoms with van der Waals surface area (Å²) < 4.78 is 5.24. The zero-order valence-electron chi connectivity index (χ0n) is 21.7. The first kappa shape index (κ1) is 28.6. The van der Waals surface area contributed by atoms with Crippen molar-refractivity contribution in [3.05, 3.63) is 83.4 Å². The first-order valence-electron chi connectivity index (χ1n) is 11.9. The number of amides is 3. The van der Waals surface area contributed by atoms with Crippen LogP contribution in [-0.2, 0) is 20.9 Å². The van der Waals surface area contributed by atoms with Gasteiger partial charge in [0.05, 0.1) is 6.61 Å². The van der Waals surface area contributed by atoms with Gasteiger partial charge in [-0.15, -0.1) is 6.58 Å². The van der Waals surface area contributed by atoms with E-state index in [4.69, 9.17) is 4.74 Å². The predicted molar refractivity (Wildman–Crippen MR) is 139 cm³/mol. The van der Waals surface area contributed by atoms with Crippen molar-refractivity contribution in [3.8, 4) is 0 Å². The summed E-state index contributed by atoms with van der Waals surface area (Å²) >= 11 is 0. The number of hydrogen-bond donors (Lipinski definition) is 3. The Balaban J connectivity index is 2.40. The number of carbonyl (C=O) groups excluding carboxylic acids is 3. The third kappa shape index (κ3) is 8.23. The van der Waals surface area contributed by atoms with Crippen molar-refractivity contribution in [2.75, 3.05) is 13.2 Å². The summed E-state index contributed by atoms with van der Waals surface area (Å²) in [5.41, 5.74) is 2.74. The lowest BCUT2D eigenvalue weighted by Crippen LogP contribution is -2.54. The van der Waals surface area contributed by atoms with Gasteiger partial charge in [-0.05, 0) is 56.9 Å². The third-order valence-electron chi connectivity index (χ3n) is 5.50. The molecule has 36 heavy (non-hydrogen) atoms. The second-order valence-electron chi connectivity index (χ2n) is 9.61. The minimum absolute atomic E-state index is 0.0156. The van der Waals surface area contributed by atoms with E-state index >= 15 is 0 Å². The quantitative estimate of drug-likeness (QED) is 0.437. The molecule has 2 aromatic carbocycles. The van der Waals surface area contributed by atoms with Crippen LogP contribution in [0.4, 0.5) is 4.79 Å². The fourth-order valence-electron chi connectivity index (χ4n) is 3.59. The van der Waals surface area contributed by atoms with Crippen LogP contribution in [0.2, 0.25) is 0 Å². The summed E-state index contributed by atoms with van der Waals surface area (Å²) in [6, 6.07) is 12.7. The van der Waals surface area contributed by atoms with Gasteiger partial charge in [0.1, 0.15) is 17.7 Å². The Morgan fingerprint density at radius 1 is 1.08 bits per heavy atom. The van der Waals surface area contributed by atoms with E-state index in [9.17, 15) is 19.5 Å². The van der Waals surface area contributed by atoms with Crippen molar-refractivity contribution in [2.45, 2.75) is 58.8 Å². The van der Waals surface area contributed by atoms with Gasteiger partial charge in [-0.25, -0.2) is 4.79 Å². The van der Waals surface area contributed by atoms with E-state index in [-0.39, 0.29) is 13.1 Å². The lowest BCUT2D eigenvalue weighted by molar-refractivity contribution is -0.142. The molecule has 2 atom stereocenters. The summed E-state index contributed by atoms with van der Waals surface area (Å²) in [5.74, 6) is -1.03. The number of carbonyl (C=O) groups is 3. The Morgan fingerprint density at radius 2 is 1.75 bits per heavy atom. The molecular formula is C28H37N3O5. The molecule has 194 valence electrons. The van der Waals surface area contributed by atoms with Crippen molar-refractivity contribution in [1.82, 2.24) is 15.5 Å². The second kappa shape index (κ2) is 12.9. The fraction of sp³-hybridized carbons (Fsp3) is 0.393. The van der Waals surface area contributed by atoms with Gasteiger partial charge >= 0.3 is 6.09 Å². The molecule has 0 radical (unpaired) electrons. The number of aryl methyl sites for hydroxylation is 2. The van der Waals surface area contributed by atoms with Crippen LogP contribution in [0.3, 0.4) is 0 Å². The smallest absolute Gasteiger partial charge is 0.408 e. The lowest BCUT2D eigenvalue weighted by Gasteiger charge is -2.33. The molecule has 2 aromatic rings. The standard InChI is InChI=1S/C28H37N3O5/c1-7-15-31(26(34)23(18-32)30-27(35)36-28(4,5)6)24(22-14-13-19(2)20(3)16-22)25(33)29-17-21-11-9-8-10-12-21/h7-14,16,23-24,32H,1,15,17-18H2,2-6H3,(H,29,33)(H,30,35). The molecule has 2 rings (SSSR count). The number of ether oxygens (including phenoxy) is 1. The van der Waals surface area contributed by atoms with E-state index in [0.29, 0.717) is 5.56 Å². The predicted octanol–water partition coefficient (Wildman–Crippen LogP) is 3.56. The van der Waals surface area contributed by atoms with Gasteiger partial charge < -0.3 is 25.4 Å². The molecule has 2 unspecified atom stereocenters. The van der Waals surface area contributed by atoms with Gasteiger partial charge in [0, 0.05) is 13.1 Å². The minimum atomic E-state index is -1.31. The molecule has 0 saturated carbocycles. The monoisotopic (exact) mass is 495 g/mol. The zero-order chi connectivity index (χ0) is 26.9. The molecule has 0 aromatic heterocycles. The van der Waals surface area contributed by atoms with Crippen LogP contribution >= 0.6 is 0 Å². The molecular weight excluding hydrogens is 458 g/mol. The van der Waals surface area contributed by atoms with Gasteiger partial charge in [-0.3, -0.25) is 9.59 Å². The SMILES string of the molecule is C=CCN(C(=O)C(CO)NC(=O)OC(C)(C)C)C(C(=O)NCc1ccccc1)c1ccc(C)c(C)c1. The normalized spacial score (nSPS) is 12.7. The number of aliphatic hydroxyl groups excluding tert-OH is 1. The number of hydrogen-bond acceptors (Lipinski definition) is 5. The molecule has 3 N–H and O–H groups in total. The highest BCUT2D eigenvalue weighted by Crippen LogP contribution is 2.25. The molecule has 0 spiro atoms. The Kier molecular flexibility index (Phi) is 10.2. The van der Waals surface area contributed by atoms with E-state index in [2.05, 4.69) is 17.2 Å². The largest absolute Gasteiger partial charge is 0.444 e. The maximum Gasteiger partial charge on any atom is 0.408 e. The van der Waals surface area contributed by atoms with Gasteiger partial charge in [0.25, 0.3) is 0 Å². The first-order valence-corrected chi connectivity index (χ1v) is 11.9. The molecule has 0 heterocycles. The molecule has 0 fully saturated rings. The molecule has 0 aliphatic heterocycles. The van der Waals surface area contributed by atoms with Gasteiger partial charge in [0.15, 0.2) is 0 Å². The van der Waals surface area contributed by atoms with E-state index in [0.717, 1.165) is 16.7 Å². The van der Waals surface area contributed by atoms with Crippen LogP contribution in [0.1, 0.15) is 49.1 Å². The van der Waals surface area contributed by atoms with E-state index in [1.54, 1.807) is 26.8 Å². The maximum atomic E-state index is 13.6. The average Bonchev–Trinajstić information content (AvgIpc) is 2.82. The van der Waals surface area contributed by atoms with Crippen molar-refractivity contribution >= 4 is 17.9 Å². The van der Waals surface area contributed by atoms with Crippen LogP contribution in [0.15, 0.2) is 61.2 Å². The summed E-state index contributed by atoms with van der Waals surface area (Å²) in [7, 11) is 0. The number of alkyl carbamates (subject to hydrolysis) is 1. The second-order valence-corrected chi connectivity index (χ2v) is 9.61. The number of nitrogens with zero attached hydrogens (tertiary/aromatic N) is 1. The topological polar surface area (TPSA) is 108 Å². The van der Waals surface area contributed by atoms with Crippen molar-refractivity contribution in [3.63, 3.8) is 0 Å². The Hall–Kier alpha value is -3.65. The van der Waals surface area contributed by atoms with Crippen LogP contribution < -0.4 is 10.6 Å². The number of nitrogens with one attached hydrogen (secondary N) is 2. The van der Waals surface area contributed by atoms with E-state index < -0.39 is 42.2 Å². The molecule has 0 saturated heterocycles. The van der Waals surface area contributed by atoms with Crippen LogP contribution in [0.25, 0.3) is 0 Å². The molecule has 8 heteroatoms. The highest BCUT2D eigenvalue weighted by atomic mass is 16.6. The number of benzene rings is 2. The summed E-state index contributed by atoms with van der Waals surface area (Å²) in [6.45, 7) is 12.3.